The second kappa shape index (κ2) is 7.06. The van der Waals surface area contributed by atoms with Gasteiger partial charge in [0.05, 0.1) is 12.3 Å². The predicted octanol–water partition coefficient (Wildman–Crippen LogP) is 3.37. The Balaban J connectivity index is 1.20. The van der Waals surface area contributed by atoms with Gasteiger partial charge in [0.25, 0.3) is 0 Å². The molecular weight excluding hydrogens is 358 g/mol. The van der Waals surface area contributed by atoms with Crippen LogP contribution in [0, 0.1) is 0 Å². The number of thiophene rings is 1. The van der Waals surface area contributed by atoms with E-state index in [-0.39, 0.29) is 11.5 Å². The predicted molar refractivity (Wildman–Crippen MR) is 105 cm³/mol. The number of piperidine rings is 1. The summed E-state index contributed by atoms with van der Waals surface area (Å²) in [6, 6.07) is 2.24. The van der Waals surface area contributed by atoms with Crippen molar-refractivity contribution in [2.45, 2.75) is 63.4 Å². The van der Waals surface area contributed by atoms with E-state index in [1.165, 1.54) is 34.5 Å². The minimum absolute atomic E-state index is 0.139. The summed E-state index contributed by atoms with van der Waals surface area (Å²) in [6.07, 6.45) is 8.90. The van der Waals surface area contributed by atoms with Crippen molar-refractivity contribution in [1.29, 1.82) is 0 Å². The fourth-order valence-corrected chi connectivity index (χ4v) is 6.15. The largest absolute Gasteiger partial charge is 0.369 e. The van der Waals surface area contributed by atoms with Gasteiger partial charge in [0.15, 0.2) is 0 Å². The van der Waals surface area contributed by atoms with Gasteiger partial charge in [0.1, 0.15) is 5.60 Å². The maximum atomic E-state index is 12.8. The van der Waals surface area contributed by atoms with Crippen LogP contribution < -0.4 is 0 Å². The normalized spacial score (nSPS) is 21.1. The van der Waals surface area contributed by atoms with E-state index in [0.29, 0.717) is 6.42 Å². The third kappa shape index (κ3) is 3.13. The van der Waals surface area contributed by atoms with Crippen LogP contribution in [0.3, 0.4) is 0 Å². The molecule has 1 aliphatic carbocycles. The summed E-state index contributed by atoms with van der Waals surface area (Å²) in [6.45, 7) is 2.41. The van der Waals surface area contributed by atoms with Crippen LogP contribution in [0.1, 0.15) is 59.5 Å². The lowest BCUT2D eigenvalue weighted by Crippen LogP contribution is -2.47. The number of hydrogen-bond acceptors (Lipinski definition) is 4. The number of ether oxygens (including phenoxy) is 1. The zero-order chi connectivity index (χ0) is 18.3. The van der Waals surface area contributed by atoms with Gasteiger partial charge < -0.3 is 9.64 Å². The standard InChI is InChI=1S/C21H27N3O2S/c25-19(6-5-18-16-3-1-2-4-17(16)22-23-18)24-11-9-21(10-12-24)20-15(7-13-26-21)8-14-27-20/h8,14H,1-7,9-13H2,(H,22,23). The molecule has 2 aromatic heterocycles. The van der Waals surface area contributed by atoms with E-state index in [1.54, 1.807) is 0 Å². The number of carbonyl (C=O) groups is 1. The Hall–Kier alpha value is -1.66. The van der Waals surface area contributed by atoms with Crippen LogP contribution in [-0.2, 0) is 40.8 Å². The molecule has 0 bridgehead atoms. The third-order valence-corrected chi connectivity index (χ3v) is 7.69. The molecule has 1 fully saturated rings. The summed E-state index contributed by atoms with van der Waals surface area (Å²) in [5, 5.41) is 9.86. The van der Waals surface area contributed by atoms with Gasteiger partial charge in [-0.05, 0) is 67.5 Å². The highest BCUT2D eigenvalue weighted by atomic mass is 32.1. The number of carbonyl (C=O) groups excluding carboxylic acids is 1. The Labute approximate surface area is 164 Å². The molecule has 0 atom stereocenters. The average Bonchev–Trinajstić information content (AvgIpc) is 3.35. The zero-order valence-electron chi connectivity index (χ0n) is 15.8. The van der Waals surface area contributed by atoms with Gasteiger partial charge in [0.2, 0.25) is 5.91 Å². The summed E-state index contributed by atoms with van der Waals surface area (Å²) >= 11 is 1.82. The van der Waals surface area contributed by atoms with Gasteiger partial charge in [-0.25, -0.2) is 0 Å². The van der Waals surface area contributed by atoms with Crippen molar-refractivity contribution in [2.24, 2.45) is 0 Å². The first-order valence-corrected chi connectivity index (χ1v) is 11.2. The third-order valence-electron chi connectivity index (χ3n) is 6.55. The average molecular weight is 386 g/mol. The molecule has 6 heteroatoms. The fourth-order valence-electron chi connectivity index (χ4n) is 4.98. The molecular formula is C21H27N3O2S. The van der Waals surface area contributed by atoms with Gasteiger partial charge in [-0.1, -0.05) is 0 Å². The van der Waals surface area contributed by atoms with Crippen molar-refractivity contribution < 1.29 is 9.53 Å². The highest BCUT2D eigenvalue weighted by Gasteiger charge is 2.42. The lowest BCUT2D eigenvalue weighted by molar-refractivity contribution is -0.140. The van der Waals surface area contributed by atoms with Crippen molar-refractivity contribution in [2.75, 3.05) is 19.7 Å². The Kier molecular flexibility index (Phi) is 4.56. The Morgan fingerprint density at radius 1 is 1.26 bits per heavy atom. The van der Waals surface area contributed by atoms with Crippen LogP contribution in [0.4, 0.5) is 0 Å². The van der Waals surface area contributed by atoms with Gasteiger partial charge in [-0.15, -0.1) is 11.3 Å². The molecule has 1 saturated heterocycles. The van der Waals surface area contributed by atoms with Gasteiger partial charge in [-0.3, -0.25) is 9.89 Å². The number of rotatable bonds is 3. The first-order chi connectivity index (χ1) is 13.3. The number of nitrogens with one attached hydrogen (secondary N) is 1. The van der Waals surface area contributed by atoms with E-state index in [1.807, 2.05) is 16.2 Å². The molecule has 2 aliphatic heterocycles. The lowest BCUT2D eigenvalue weighted by Gasteiger charge is -2.43. The topological polar surface area (TPSA) is 58.2 Å². The van der Waals surface area contributed by atoms with E-state index >= 15 is 0 Å². The quantitative estimate of drug-likeness (QED) is 0.881. The first kappa shape index (κ1) is 17.4. The molecule has 5 nitrogen and oxygen atoms in total. The van der Waals surface area contributed by atoms with Crippen molar-refractivity contribution in [3.63, 3.8) is 0 Å². The van der Waals surface area contributed by atoms with Gasteiger partial charge in [0, 0.05) is 36.5 Å². The summed E-state index contributed by atoms with van der Waals surface area (Å²) in [4.78, 5) is 16.2. The van der Waals surface area contributed by atoms with E-state index in [2.05, 4.69) is 21.6 Å². The molecule has 0 saturated carbocycles. The van der Waals surface area contributed by atoms with Crippen LogP contribution >= 0.6 is 11.3 Å². The maximum Gasteiger partial charge on any atom is 0.222 e. The van der Waals surface area contributed by atoms with Crippen LogP contribution in [0.5, 0.6) is 0 Å². The highest BCUT2D eigenvalue weighted by Crippen LogP contribution is 2.44. The van der Waals surface area contributed by atoms with E-state index in [4.69, 9.17) is 4.74 Å². The molecule has 0 unspecified atom stereocenters. The molecule has 0 aromatic carbocycles. The smallest absolute Gasteiger partial charge is 0.222 e. The van der Waals surface area contributed by atoms with Crippen LogP contribution in [-0.4, -0.2) is 40.7 Å². The maximum absolute atomic E-state index is 12.8. The molecule has 1 amide bonds. The number of aromatic nitrogens is 2. The van der Waals surface area contributed by atoms with Crippen molar-refractivity contribution >= 4 is 17.2 Å². The number of hydrogen-bond donors (Lipinski definition) is 1. The lowest BCUT2D eigenvalue weighted by atomic mass is 9.85. The van der Waals surface area contributed by atoms with Crippen LogP contribution in [0.2, 0.25) is 0 Å². The minimum atomic E-state index is -0.139. The van der Waals surface area contributed by atoms with Crippen LogP contribution in [0.15, 0.2) is 11.4 Å². The molecule has 0 radical (unpaired) electrons. The SMILES string of the molecule is O=C(CCc1n[nH]c2c1CCCC2)N1CCC2(CC1)OCCc1ccsc12. The van der Waals surface area contributed by atoms with Crippen molar-refractivity contribution in [3.8, 4) is 0 Å². The molecule has 4 heterocycles. The molecule has 3 aliphatic rings. The summed E-state index contributed by atoms with van der Waals surface area (Å²) in [7, 11) is 0. The fraction of sp³-hybridized carbons (Fsp3) is 0.619. The zero-order valence-corrected chi connectivity index (χ0v) is 16.6. The summed E-state index contributed by atoms with van der Waals surface area (Å²) in [5.74, 6) is 0.264. The molecule has 5 rings (SSSR count). The van der Waals surface area contributed by atoms with Gasteiger partial charge in [-0.2, -0.15) is 5.10 Å². The Bertz CT molecular complexity index is 832. The minimum Gasteiger partial charge on any atom is -0.369 e. The number of amides is 1. The summed E-state index contributed by atoms with van der Waals surface area (Å²) < 4.78 is 6.26. The second-order valence-electron chi connectivity index (χ2n) is 8.08. The van der Waals surface area contributed by atoms with Crippen molar-refractivity contribution in [1.82, 2.24) is 15.1 Å². The monoisotopic (exact) mass is 385 g/mol. The van der Waals surface area contributed by atoms with E-state index in [9.17, 15) is 4.79 Å². The van der Waals surface area contributed by atoms with E-state index in [0.717, 1.165) is 63.9 Å². The Morgan fingerprint density at radius 2 is 2.11 bits per heavy atom. The second-order valence-corrected chi connectivity index (χ2v) is 9.00. The van der Waals surface area contributed by atoms with Gasteiger partial charge >= 0.3 is 0 Å². The van der Waals surface area contributed by atoms with E-state index < -0.39 is 0 Å². The molecule has 1 spiro atoms. The first-order valence-electron chi connectivity index (χ1n) is 10.3. The number of fused-ring (bicyclic) bond motifs is 3. The number of aryl methyl sites for hydroxylation is 2. The number of nitrogens with zero attached hydrogens (tertiary/aromatic N) is 2. The molecule has 27 heavy (non-hydrogen) atoms. The van der Waals surface area contributed by atoms with Crippen molar-refractivity contribution in [3.05, 3.63) is 38.8 Å². The molecule has 1 N–H and O–H groups in total. The highest BCUT2D eigenvalue weighted by molar-refractivity contribution is 7.10. The summed E-state index contributed by atoms with van der Waals surface area (Å²) in [5.41, 5.74) is 5.11. The Morgan fingerprint density at radius 3 is 3.00 bits per heavy atom. The number of aromatic amines is 1. The molecule has 144 valence electrons. The number of likely N-dealkylation sites (tertiary alicyclic amines) is 1. The number of H-pyrrole nitrogens is 1. The van der Waals surface area contributed by atoms with Crippen LogP contribution in [0.25, 0.3) is 0 Å². The molecule has 2 aromatic rings.